The molecule has 1 aliphatic carbocycles. The summed E-state index contributed by atoms with van der Waals surface area (Å²) >= 11 is 0. The number of methoxy groups -OCH3 is 1. The first-order valence-corrected chi connectivity index (χ1v) is 10.3. The minimum Gasteiger partial charge on any atom is -0.497 e. The largest absolute Gasteiger partial charge is 0.497 e. The Bertz CT molecular complexity index is 1210. The van der Waals surface area contributed by atoms with E-state index in [2.05, 4.69) is 29.5 Å². The molecule has 0 radical (unpaired) electrons. The van der Waals surface area contributed by atoms with Gasteiger partial charge in [0.2, 0.25) is 5.96 Å². The molecule has 0 spiro atoms. The number of aromatic nitrogens is 1. The van der Waals surface area contributed by atoms with Crippen molar-refractivity contribution < 1.29 is 13.9 Å². The maximum Gasteiger partial charge on any atom is 0.302 e. The van der Waals surface area contributed by atoms with Gasteiger partial charge in [-0.1, -0.05) is 38.1 Å². The standard InChI is InChI=1S/C24H24N4O3/c1-24(2)12-17-20(18(29)13-24)21(14-7-6-8-15(11-14)30-3)27-22(25-17)28-23-26-16-9-4-5-10-19(16)31-23/h4-11,21H,12-13H2,1-3H3,(H2,25,26,27,28)/t21-/m0/s1. The number of allylic oxidation sites excluding steroid dienone is 1. The zero-order chi connectivity index (χ0) is 21.6. The first-order chi connectivity index (χ1) is 14.9. The number of guanidine groups is 1. The van der Waals surface area contributed by atoms with Crippen LogP contribution in [0.3, 0.4) is 0 Å². The molecule has 3 aromatic rings. The van der Waals surface area contributed by atoms with E-state index in [9.17, 15) is 4.79 Å². The fourth-order valence-electron chi connectivity index (χ4n) is 4.28. The lowest BCUT2D eigenvalue weighted by Crippen LogP contribution is -2.41. The lowest BCUT2D eigenvalue weighted by Gasteiger charge is -2.37. The number of ketones is 1. The van der Waals surface area contributed by atoms with E-state index in [1.54, 1.807) is 7.11 Å². The number of nitrogens with one attached hydrogen (secondary N) is 2. The second-order valence-corrected chi connectivity index (χ2v) is 8.73. The van der Waals surface area contributed by atoms with Gasteiger partial charge in [-0.05, 0) is 41.7 Å². The van der Waals surface area contributed by atoms with Crippen LogP contribution in [0.15, 0.2) is 69.2 Å². The Hall–Kier alpha value is -3.61. The molecule has 2 N–H and O–H groups in total. The fourth-order valence-corrected chi connectivity index (χ4v) is 4.28. The van der Waals surface area contributed by atoms with Crippen LogP contribution in [0.4, 0.5) is 6.01 Å². The van der Waals surface area contributed by atoms with Crippen molar-refractivity contribution >= 4 is 28.9 Å². The van der Waals surface area contributed by atoms with Crippen LogP contribution in [-0.2, 0) is 4.79 Å². The second kappa shape index (κ2) is 7.27. The van der Waals surface area contributed by atoms with Crippen LogP contribution in [0.1, 0.15) is 38.3 Å². The molecule has 158 valence electrons. The minimum absolute atomic E-state index is 0.122. The van der Waals surface area contributed by atoms with Crippen molar-refractivity contribution in [3.05, 3.63) is 65.4 Å². The van der Waals surface area contributed by atoms with E-state index >= 15 is 0 Å². The molecule has 7 nitrogen and oxygen atoms in total. The summed E-state index contributed by atoms with van der Waals surface area (Å²) in [5.41, 5.74) is 3.85. The number of carbonyl (C=O) groups is 1. The average Bonchev–Trinajstić information content (AvgIpc) is 3.14. The van der Waals surface area contributed by atoms with Gasteiger partial charge >= 0.3 is 6.01 Å². The van der Waals surface area contributed by atoms with Crippen LogP contribution in [0.5, 0.6) is 5.75 Å². The van der Waals surface area contributed by atoms with Gasteiger partial charge in [-0.2, -0.15) is 4.98 Å². The number of hydrogen-bond acceptors (Lipinski definition) is 7. The van der Waals surface area contributed by atoms with Crippen LogP contribution < -0.4 is 15.4 Å². The summed E-state index contributed by atoms with van der Waals surface area (Å²) in [6.07, 6.45) is 1.25. The van der Waals surface area contributed by atoms with Crippen molar-refractivity contribution in [2.45, 2.75) is 32.7 Å². The number of fused-ring (bicyclic) bond motifs is 1. The third-order valence-corrected chi connectivity index (χ3v) is 5.65. The van der Waals surface area contributed by atoms with Gasteiger partial charge in [0.05, 0.1) is 7.11 Å². The van der Waals surface area contributed by atoms with Crippen LogP contribution in [-0.4, -0.2) is 23.8 Å². The first-order valence-electron chi connectivity index (χ1n) is 10.3. The molecule has 7 heteroatoms. The maximum absolute atomic E-state index is 13.1. The van der Waals surface area contributed by atoms with Crippen LogP contribution >= 0.6 is 0 Å². The van der Waals surface area contributed by atoms with Gasteiger partial charge in [-0.15, -0.1) is 0 Å². The lowest BCUT2D eigenvalue weighted by molar-refractivity contribution is -0.118. The quantitative estimate of drug-likeness (QED) is 0.649. The van der Waals surface area contributed by atoms with Crippen LogP contribution in [0.25, 0.3) is 11.1 Å². The zero-order valence-corrected chi connectivity index (χ0v) is 17.7. The second-order valence-electron chi connectivity index (χ2n) is 8.73. The van der Waals surface area contributed by atoms with Gasteiger partial charge < -0.3 is 14.5 Å². The van der Waals surface area contributed by atoms with E-state index in [-0.39, 0.29) is 11.2 Å². The average molecular weight is 416 g/mol. The molecule has 1 atom stereocenters. The highest BCUT2D eigenvalue weighted by atomic mass is 16.5. The first kappa shape index (κ1) is 19.4. The van der Waals surface area contributed by atoms with Crippen molar-refractivity contribution in [1.29, 1.82) is 0 Å². The smallest absolute Gasteiger partial charge is 0.302 e. The fraction of sp³-hybridized carbons (Fsp3) is 0.292. The van der Waals surface area contributed by atoms with Crippen LogP contribution in [0, 0.1) is 5.41 Å². The summed E-state index contributed by atoms with van der Waals surface area (Å²) in [7, 11) is 1.63. The van der Waals surface area contributed by atoms with Crippen molar-refractivity contribution in [3.63, 3.8) is 0 Å². The number of rotatable bonds is 3. The molecule has 2 aliphatic rings. The molecule has 2 aromatic carbocycles. The van der Waals surface area contributed by atoms with E-state index in [4.69, 9.17) is 14.1 Å². The molecule has 2 heterocycles. The van der Waals surface area contributed by atoms with Gasteiger partial charge in [0.15, 0.2) is 11.4 Å². The molecule has 0 saturated heterocycles. The van der Waals surface area contributed by atoms with Gasteiger partial charge in [0, 0.05) is 17.7 Å². The number of benzene rings is 2. The van der Waals surface area contributed by atoms with Crippen LogP contribution in [0.2, 0.25) is 0 Å². The molecule has 1 aromatic heterocycles. The van der Waals surface area contributed by atoms with Gasteiger partial charge in [0.1, 0.15) is 17.3 Å². The minimum atomic E-state index is -0.429. The molecule has 0 unspecified atom stereocenters. The zero-order valence-electron chi connectivity index (χ0n) is 17.7. The summed E-state index contributed by atoms with van der Waals surface area (Å²) < 4.78 is 11.2. The Balaban J connectivity index is 1.55. The number of Topliss-reactive ketones (excluding diaryl/α,β-unsaturated/α-hetero) is 1. The number of oxazole rings is 1. The Morgan fingerprint density at radius 3 is 2.81 bits per heavy atom. The monoisotopic (exact) mass is 416 g/mol. The highest BCUT2D eigenvalue weighted by Gasteiger charge is 2.39. The Morgan fingerprint density at radius 1 is 1.16 bits per heavy atom. The van der Waals surface area contributed by atoms with Gasteiger partial charge in [0.25, 0.3) is 0 Å². The molecule has 31 heavy (non-hydrogen) atoms. The number of para-hydroxylation sites is 2. The number of ether oxygens (including phenoxy) is 1. The van der Waals surface area contributed by atoms with E-state index in [1.165, 1.54) is 0 Å². The topological polar surface area (TPSA) is 88.8 Å². The van der Waals surface area contributed by atoms with E-state index in [1.807, 2.05) is 48.5 Å². The third kappa shape index (κ3) is 3.67. The van der Waals surface area contributed by atoms with E-state index in [0.29, 0.717) is 24.0 Å². The van der Waals surface area contributed by atoms with Crippen molar-refractivity contribution in [2.24, 2.45) is 10.4 Å². The summed E-state index contributed by atoms with van der Waals surface area (Å²) in [6.45, 7) is 4.22. The van der Waals surface area contributed by atoms with Crippen molar-refractivity contribution in [1.82, 2.24) is 10.3 Å². The van der Waals surface area contributed by atoms with Crippen molar-refractivity contribution in [2.75, 3.05) is 12.4 Å². The molecule has 5 rings (SSSR count). The van der Waals surface area contributed by atoms with E-state index in [0.717, 1.165) is 34.5 Å². The number of hydrogen-bond donors (Lipinski definition) is 2. The highest BCUT2D eigenvalue weighted by molar-refractivity contribution is 6.03. The van der Waals surface area contributed by atoms with E-state index < -0.39 is 6.04 Å². The predicted molar refractivity (Wildman–Crippen MR) is 119 cm³/mol. The summed E-state index contributed by atoms with van der Waals surface area (Å²) in [5.74, 6) is 1.35. The molecule has 0 saturated carbocycles. The highest BCUT2D eigenvalue weighted by Crippen LogP contribution is 2.43. The summed E-state index contributed by atoms with van der Waals surface area (Å²) in [5, 5.41) is 6.49. The number of anilines is 1. The Labute approximate surface area is 180 Å². The molecular weight excluding hydrogens is 392 g/mol. The SMILES string of the molecule is COc1cccc([C@@H]2N=C(Nc3nc4ccccc4o3)NC3=C2C(=O)CC(C)(C)C3)c1. The molecule has 0 amide bonds. The summed E-state index contributed by atoms with van der Waals surface area (Å²) in [6, 6.07) is 15.2. The molecule has 1 aliphatic heterocycles. The third-order valence-electron chi connectivity index (χ3n) is 5.65. The van der Waals surface area contributed by atoms with Gasteiger partial charge in [-0.25, -0.2) is 4.99 Å². The maximum atomic E-state index is 13.1. The number of nitrogens with zero attached hydrogens (tertiary/aromatic N) is 2. The van der Waals surface area contributed by atoms with Crippen molar-refractivity contribution in [3.8, 4) is 5.75 Å². The lowest BCUT2D eigenvalue weighted by atomic mass is 9.73. The predicted octanol–water partition coefficient (Wildman–Crippen LogP) is 4.59. The van der Waals surface area contributed by atoms with Gasteiger partial charge in [-0.3, -0.25) is 10.1 Å². The number of aliphatic imine (C=N–C) groups is 1. The summed E-state index contributed by atoms with van der Waals surface area (Å²) in [4.78, 5) is 22.4. The Kier molecular flexibility index (Phi) is 4.54. The molecule has 0 bridgehead atoms. The Morgan fingerprint density at radius 2 is 2.00 bits per heavy atom. The number of carbonyl (C=O) groups excluding carboxylic acids is 1. The molecule has 0 fully saturated rings. The normalized spacial score (nSPS) is 20.2. The molecular formula is C24H24N4O3.